The van der Waals surface area contributed by atoms with Crippen molar-refractivity contribution in [3.05, 3.63) is 64.7 Å². The Bertz CT molecular complexity index is 811. The molecule has 2 aromatic rings. The maximum Gasteiger partial charge on any atom is 0.337 e. The lowest BCUT2D eigenvalue weighted by atomic mass is 10.1. The summed E-state index contributed by atoms with van der Waals surface area (Å²) in [5.74, 6) is -0.616. The maximum absolute atomic E-state index is 12.3. The van der Waals surface area contributed by atoms with E-state index in [1.165, 1.54) is 7.11 Å². The van der Waals surface area contributed by atoms with E-state index in [2.05, 4.69) is 9.46 Å². The quantitative estimate of drug-likeness (QED) is 0.854. The predicted molar refractivity (Wildman–Crippen MR) is 89.9 cm³/mol. The van der Waals surface area contributed by atoms with Crippen LogP contribution in [0.15, 0.2) is 42.5 Å². The maximum atomic E-state index is 12.3. The van der Waals surface area contributed by atoms with Crippen LogP contribution >= 0.6 is 0 Å². The minimum Gasteiger partial charge on any atom is -0.465 e. The predicted octanol–water partition coefficient (Wildman–Crippen LogP) is 3.03. The number of anilines is 1. The molecule has 23 heavy (non-hydrogen) atoms. The average Bonchev–Trinajstić information content (AvgIpc) is 2.50. The number of carbonyl (C=O) groups excluding carboxylic acids is 1. The van der Waals surface area contributed by atoms with Gasteiger partial charge in [-0.2, -0.15) is 0 Å². The Labute approximate surface area is 136 Å². The second kappa shape index (κ2) is 6.83. The highest BCUT2D eigenvalue weighted by atomic mass is 32.2. The van der Waals surface area contributed by atoms with Gasteiger partial charge in [0.05, 0.1) is 24.1 Å². The van der Waals surface area contributed by atoms with Gasteiger partial charge in [-0.1, -0.05) is 24.3 Å². The van der Waals surface area contributed by atoms with Gasteiger partial charge in [0.15, 0.2) is 0 Å². The van der Waals surface area contributed by atoms with Crippen molar-refractivity contribution in [3.63, 3.8) is 0 Å². The molecule has 0 radical (unpaired) electrons. The van der Waals surface area contributed by atoms with Gasteiger partial charge in [0, 0.05) is 0 Å². The molecule has 6 heteroatoms. The molecule has 2 rings (SSSR count). The van der Waals surface area contributed by atoms with Crippen LogP contribution in [0.1, 0.15) is 27.0 Å². The van der Waals surface area contributed by atoms with E-state index in [1.807, 2.05) is 26.0 Å². The topological polar surface area (TPSA) is 72.5 Å². The van der Waals surface area contributed by atoms with E-state index in [4.69, 9.17) is 0 Å². The van der Waals surface area contributed by atoms with Crippen LogP contribution in [0.4, 0.5) is 5.69 Å². The van der Waals surface area contributed by atoms with Crippen molar-refractivity contribution < 1.29 is 17.9 Å². The summed E-state index contributed by atoms with van der Waals surface area (Å²) in [6, 6.07) is 11.9. The fourth-order valence-corrected chi connectivity index (χ4v) is 3.38. The molecule has 122 valence electrons. The Morgan fingerprint density at radius 2 is 1.74 bits per heavy atom. The van der Waals surface area contributed by atoms with Crippen LogP contribution in [0.25, 0.3) is 0 Å². The molecule has 0 aliphatic carbocycles. The van der Waals surface area contributed by atoms with Gasteiger partial charge in [0.1, 0.15) is 0 Å². The summed E-state index contributed by atoms with van der Waals surface area (Å²) in [5, 5.41) is 0. The molecule has 0 aromatic heterocycles. The van der Waals surface area contributed by atoms with E-state index in [1.54, 1.807) is 30.3 Å². The molecule has 0 heterocycles. The molecular formula is C17H19NO4S. The first-order chi connectivity index (χ1) is 10.8. The van der Waals surface area contributed by atoms with Crippen molar-refractivity contribution >= 4 is 21.7 Å². The third kappa shape index (κ3) is 4.56. The van der Waals surface area contributed by atoms with Crippen molar-refractivity contribution in [3.8, 4) is 0 Å². The lowest BCUT2D eigenvalue weighted by Gasteiger charge is -2.11. The fraction of sp³-hybridized carbons (Fsp3) is 0.235. The third-order valence-electron chi connectivity index (χ3n) is 3.39. The molecule has 0 atom stereocenters. The number of hydrogen-bond donors (Lipinski definition) is 1. The summed E-state index contributed by atoms with van der Waals surface area (Å²) in [7, 11) is -2.23. The summed E-state index contributed by atoms with van der Waals surface area (Å²) >= 11 is 0. The van der Waals surface area contributed by atoms with Crippen molar-refractivity contribution in [2.24, 2.45) is 0 Å². The van der Waals surface area contributed by atoms with Crippen LogP contribution < -0.4 is 4.72 Å². The molecule has 2 aromatic carbocycles. The molecule has 0 bridgehead atoms. The molecule has 1 N–H and O–H groups in total. The van der Waals surface area contributed by atoms with Gasteiger partial charge in [-0.05, 0) is 48.7 Å². The van der Waals surface area contributed by atoms with Crippen LogP contribution in [0.2, 0.25) is 0 Å². The summed E-state index contributed by atoms with van der Waals surface area (Å²) in [6.45, 7) is 3.76. The zero-order valence-electron chi connectivity index (χ0n) is 13.3. The smallest absolute Gasteiger partial charge is 0.337 e. The van der Waals surface area contributed by atoms with Crippen molar-refractivity contribution in [2.45, 2.75) is 19.6 Å². The fourth-order valence-electron chi connectivity index (χ4n) is 2.12. The van der Waals surface area contributed by atoms with Crippen LogP contribution in [0, 0.1) is 13.8 Å². The van der Waals surface area contributed by atoms with E-state index in [0.29, 0.717) is 16.8 Å². The molecule has 0 spiro atoms. The molecule has 0 aliphatic rings. The number of methoxy groups -OCH3 is 1. The van der Waals surface area contributed by atoms with Gasteiger partial charge in [-0.3, -0.25) is 4.72 Å². The van der Waals surface area contributed by atoms with Crippen LogP contribution in [-0.2, 0) is 20.5 Å². The second-order valence-electron chi connectivity index (χ2n) is 5.37. The van der Waals surface area contributed by atoms with Gasteiger partial charge in [0.2, 0.25) is 10.0 Å². The highest BCUT2D eigenvalue weighted by Gasteiger charge is 2.14. The summed E-state index contributed by atoms with van der Waals surface area (Å²) in [6.07, 6.45) is 0. The lowest BCUT2D eigenvalue weighted by molar-refractivity contribution is 0.0600. The zero-order valence-corrected chi connectivity index (χ0v) is 14.1. The third-order valence-corrected chi connectivity index (χ3v) is 4.63. The standard InChI is InChI=1S/C17H19NO4S/c1-12-4-5-13(2)16(10-12)18-23(20,21)11-14-6-8-15(9-7-14)17(19)22-3/h4-10,18H,11H2,1-3H3. The monoisotopic (exact) mass is 333 g/mol. The molecule has 5 nitrogen and oxygen atoms in total. The summed E-state index contributed by atoms with van der Waals surface area (Å²) in [4.78, 5) is 11.4. The Balaban J connectivity index is 2.15. The van der Waals surface area contributed by atoms with Crippen LogP contribution in [0.3, 0.4) is 0 Å². The molecule has 0 saturated heterocycles. The minimum atomic E-state index is -3.53. The van der Waals surface area contributed by atoms with Gasteiger partial charge < -0.3 is 4.74 Å². The average molecular weight is 333 g/mol. The molecule has 0 fully saturated rings. The van der Waals surface area contributed by atoms with Gasteiger partial charge >= 0.3 is 5.97 Å². The highest BCUT2D eigenvalue weighted by molar-refractivity contribution is 7.91. The molecule has 0 saturated carbocycles. The van der Waals surface area contributed by atoms with E-state index < -0.39 is 16.0 Å². The first-order valence-corrected chi connectivity index (χ1v) is 8.71. The highest BCUT2D eigenvalue weighted by Crippen LogP contribution is 2.19. The number of rotatable bonds is 5. The second-order valence-corrected chi connectivity index (χ2v) is 7.09. The number of carbonyl (C=O) groups is 1. The number of aryl methyl sites for hydroxylation is 2. The van der Waals surface area contributed by atoms with Crippen LogP contribution in [0.5, 0.6) is 0 Å². The lowest BCUT2D eigenvalue weighted by Crippen LogP contribution is -2.16. The molecule has 0 aliphatic heterocycles. The van der Waals surface area contributed by atoms with Crippen molar-refractivity contribution in [1.29, 1.82) is 0 Å². The first kappa shape index (κ1) is 17.0. The van der Waals surface area contributed by atoms with E-state index in [0.717, 1.165) is 11.1 Å². The Morgan fingerprint density at radius 3 is 2.35 bits per heavy atom. The van der Waals surface area contributed by atoms with Gasteiger partial charge in [-0.15, -0.1) is 0 Å². The number of benzene rings is 2. The zero-order chi connectivity index (χ0) is 17.0. The number of esters is 1. The Kier molecular flexibility index (Phi) is 5.05. The Morgan fingerprint density at radius 1 is 1.09 bits per heavy atom. The molecular weight excluding hydrogens is 314 g/mol. The van der Waals surface area contributed by atoms with E-state index in [-0.39, 0.29) is 5.75 Å². The first-order valence-electron chi connectivity index (χ1n) is 7.06. The van der Waals surface area contributed by atoms with Gasteiger partial charge in [-0.25, -0.2) is 13.2 Å². The van der Waals surface area contributed by atoms with Crippen molar-refractivity contribution in [2.75, 3.05) is 11.8 Å². The largest absolute Gasteiger partial charge is 0.465 e. The van der Waals surface area contributed by atoms with Gasteiger partial charge in [0.25, 0.3) is 0 Å². The Hall–Kier alpha value is -2.34. The van der Waals surface area contributed by atoms with E-state index >= 15 is 0 Å². The SMILES string of the molecule is COC(=O)c1ccc(CS(=O)(=O)Nc2cc(C)ccc2C)cc1. The number of hydrogen-bond acceptors (Lipinski definition) is 4. The minimum absolute atomic E-state index is 0.165. The summed E-state index contributed by atoms with van der Waals surface area (Å²) in [5.41, 5.74) is 3.40. The van der Waals surface area contributed by atoms with Crippen molar-refractivity contribution in [1.82, 2.24) is 0 Å². The molecule has 0 amide bonds. The molecule has 0 unspecified atom stereocenters. The van der Waals surface area contributed by atoms with Crippen LogP contribution in [-0.4, -0.2) is 21.5 Å². The summed E-state index contributed by atoms with van der Waals surface area (Å²) < 4.78 is 31.8. The normalized spacial score (nSPS) is 11.1. The number of sulfonamides is 1. The van der Waals surface area contributed by atoms with E-state index in [9.17, 15) is 13.2 Å². The number of nitrogens with one attached hydrogen (secondary N) is 1. The number of ether oxygens (including phenoxy) is 1.